The molecule has 0 saturated carbocycles. The van der Waals surface area contributed by atoms with Crippen LogP contribution < -0.4 is 10.9 Å². The van der Waals surface area contributed by atoms with Crippen LogP contribution >= 0.6 is 11.8 Å². The summed E-state index contributed by atoms with van der Waals surface area (Å²) < 4.78 is 1.69. The molecule has 17 heavy (non-hydrogen) atoms. The Bertz CT molecular complexity index is 390. The zero-order chi connectivity index (χ0) is 12.7. The molecule has 5 heteroatoms. The molecule has 96 valence electrons. The molecule has 1 aromatic heterocycles. The first-order chi connectivity index (χ1) is 8.16. The van der Waals surface area contributed by atoms with Crippen molar-refractivity contribution in [2.45, 2.75) is 32.7 Å². The Morgan fingerprint density at radius 2 is 2.24 bits per heavy atom. The first kappa shape index (κ1) is 14.1. The highest BCUT2D eigenvalue weighted by atomic mass is 32.2. The summed E-state index contributed by atoms with van der Waals surface area (Å²) in [4.78, 5) is 16.1. The number of hydrogen-bond donors (Lipinski definition) is 1. The second-order valence-electron chi connectivity index (χ2n) is 4.21. The van der Waals surface area contributed by atoms with Crippen molar-refractivity contribution in [3.8, 4) is 0 Å². The van der Waals surface area contributed by atoms with E-state index in [0.29, 0.717) is 5.82 Å². The fourth-order valence-electron chi connectivity index (χ4n) is 1.53. The van der Waals surface area contributed by atoms with Crippen LogP contribution in [0.2, 0.25) is 0 Å². The molecular formula is C12H21N3OS. The summed E-state index contributed by atoms with van der Waals surface area (Å²) in [7, 11) is 0. The van der Waals surface area contributed by atoms with Gasteiger partial charge in [0, 0.05) is 25.0 Å². The summed E-state index contributed by atoms with van der Waals surface area (Å²) >= 11 is 1.85. The normalized spacial score (nSPS) is 10.8. The van der Waals surface area contributed by atoms with Gasteiger partial charge in [-0.15, -0.1) is 0 Å². The van der Waals surface area contributed by atoms with E-state index in [-0.39, 0.29) is 11.6 Å². The molecule has 4 nitrogen and oxygen atoms in total. The first-order valence-corrected chi connectivity index (χ1v) is 7.36. The van der Waals surface area contributed by atoms with E-state index in [1.54, 1.807) is 17.0 Å². The largest absolute Gasteiger partial charge is 0.365 e. The molecule has 0 radical (unpaired) electrons. The van der Waals surface area contributed by atoms with Crippen LogP contribution in [0.1, 0.15) is 32.7 Å². The standard InChI is InChI=1S/C12H21N3OS/c1-10(2)15-8-7-14-11(12(15)16)13-6-4-5-9-17-3/h7-8,10H,4-6,9H2,1-3H3,(H,13,14). The van der Waals surface area contributed by atoms with E-state index in [0.717, 1.165) is 13.0 Å². The van der Waals surface area contributed by atoms with E-state index in [9.17, 15) is 4.79 Å². The van der Waals surface area contributed by atoms with Gasteiger partial charge in [-0.1, -0.05) is 0 Å². The lowest BCUT2D eigenvalue weighted by atomic mass is 10.3. The van der Waals surface area contributed by atoms with Crippen LogP contribution in [0.15, 0.2) is 17.2 Å². The van der Waals surface area contributed by atoms with Crippen LogP contribution in [-0.4, -0.2) is 28.1 Å². The van der Waals surface area contributed by atoms with Crippen LogP contribution in [0.4, 0.5) is 5.82 Å². The van der Waals surface area contributed by atoms with E-state index in [1.165, 1.54) is 12.2 Å². The molecule has 1 N–H and O–H groups in total. The molecule has 0 aliphatic heterocycles. The number of nitrogens with zero attached hydrogens (tertiary/aromatic N) is 2. The van der Waals surface area contributed by atoms with Gasteiger partial charge in [0.05, 0.1) is 0 Å². The van der Waals surface area contributed by atoms with Crippen molar-refractivity contribution in [2.24, 2.45) is 0 Å². The maximum absolute atomic E-state index is 12.0. The quantitative estimate of drug-likeness (QED) is 0.760. The Hall–Kier alpha value is -0.970. The van der Waals surface area contributed by atoms with Gasteiger partial charge in [-0.25, -0.2) is 4.98 Å². The van der Waals surface area contributed by atoms with Crippen LogP contribution in [-0.2, 0) is 0 Å². The Morgan fingerprint density at radius 1 is 1.47 bits per heavy atom. The lowest BCUT2D eigenvalue weighted by Crippen LogP contribution is -2.25. The van der Waals surface area contributed by atoms with Crippen molar-refractivity contribution >= 4 is 17.6 Å². The third kappa shape index (κ3) is 4.42. The van der Waals surface area contributed by atoms with E-state index in [4.69, 9.17) is 0 Å². The van der Waals surface area contributed by atoms with Crippen molar-refractivity contribution in [1.29, 1.82) is 0 Å². The lowest BCUT2D eigenvalue weighted by Gasteiger charge is -2.11. The highest BCUT2D eigenvalue weighted by molar-refractivity contribution is 7.98. The van der Waals surface area contributed by atoms with Gasteiger partial charge in [-0.2, -0.15) is 11.8 Å². The minimum absolute atomic E-state index is 0.0348. The molecule has 1 aromatic rings. The van der Waals surface area contributed by atoms with Crippen molar-refractivity contribution in [3.63, 3.8) is 0 Å². The minimum atomic E-state index is -0.0348. The van der Waals surface area contributed by atoms with E-state index in [1.807, 2.05) is 25.6 Å². The van der Waals surface area contributed by atoms with Crippen molar-refractivity contribution < 1.29 is 0 Å². The van der Waals surface area contributed by atoms with E-state index in [2.05, 4.69) is 16.6 Å². The van der Waals surface area contributed by atoms with Gasteiger partial charge in [0.25, 0.3) is 5.56 Å². The number of rotatable bonds is 7. The van der Waals surface area contributed by atoms with Gasteiger partial charge in [0.15, 0.2) is 5.82 Å². The van der Waals surface area contributed by atoms with Crippen LogP contribution in [0, 0.1) is 0 Å². The highest BCUT2D eigenvalue weighted by Gasteiger charge is 2.05. The molecule has 0 aliphatic rings. The van der Waals surface area contributed by atoms with Gasteiger partial charge in [-0.05, 0) is 38.7 Å². The maximum atomic E-state index is 12.0. The summed E-state index contributed by atoms with van der Waals surface area (Å²) in [6.45, 7) is 4.79. The fraction of sp³-hybridized carbons (Fsp3) is 0.667. The van der Waals surface area contributed by atoms with Crippen molar-refractivity contribution in [3.05, 3.63) is 22.7 Å². The Labute approximate surface area is 107 Å². The Morgan fingerprint density at radius 3 is 2.88 bits per heavy atom. The zero-order valence-corrected chi connectivity index (χ0v) is 11.6. The predicted molar refractivity (Wildman–Crippen MR) is 75.0 cm³/mol. The molecule has 1 rings (SSSR count). The molecule has 1 heterocycles. The summed E-state index contributed by atoms with van der Waals surface area (Å²) in [6, 6.07) is 0.169. The van der Waals surface area contributed by atoms with E-state index >= 15 is 0 Å². The molecule has 0 saturated heterocycles. The molecule has 0 aliphatic carbocycles. The zero-order valence-electron chi connectivity index (χ0n) is 10.8. The van der Waals surface area contributed by atoms with Crippen LogP contribution in [0.25, 0.3) is 0 Å². The second-order valence-corrected chi connectivity index (χ2v) is 5.19. The molecule has 0 amide bonds. The molecule has 0 atom stereocenters. The van der Waals surface area contributed by atoms with Crippen LogP contribution in [0.5, 0.6) is 0 Å². The Balaban J connectivity index is 2.54. The SMILES string of the molecule is CSCCCCNc1nccn(C(C)C)c1=O. The molecule has 0 bridgehead atoms. The second kappa shape index (κ2) is 7.37. The molecule has 0 spiro atoms. The fourth-order valence-corrected chi connectivity index (χ4v) is 2.02. The van der Waals surface area contributed by atoms with Gasteiger partial charge in [0.2, 0.25) is 0 Å². The summed E-state index contributed by atoms with van der Waals surface area (Å²) in [6.07, 6.45) is 7.74. The smallest absolute Gasteiger partial charge is 0.293 e. The average Bonchev–Trinajstić information content (AvgIpc) is 2.30. The number of aromatic nitrogens is 2. The lowest BCUT2D eigenvalue weighted by molar-refractivity contribution is 0.575. The van der Waals surface area contributed by atoms with Gasteiger partial charge in [0.1, 0.15) is 0 Å². The summed E-state index contributed by atoms with van der Waals surface area (Å²) in [5, 5.41) is 3.11. The third-order valence-corrected chi connectivity index (χ3v) is 3.19. The monoisotopic (exact) mass is 255 g/mol. The number of hydrogen-bond acceptors (Lipinski definition) is 4. The van der Waals surface area contributed by atoms with Crippen LogP contribution in [0.3, 0.4) is 0 Å². The summed E-state index contributed by atoms with van der Waals surface area (Å²) in [5.41, 5.74) is -0.0348. The summed E-state index contributed by atoms with van der Waals surface area (Å²) in [5.74, 6) is 1.63. The van der Waals surface area contributed by atoms with Gasteiger partial charge >= 0.3 is 0 Å². The molecule has 0 unspecified atom stereocenters. The van der Waals surface area contributed by atoms with Crippen molar-refractivity contribution in [1.82, 2.24) is 9.55 Å². The maximum Gasteiger partial charge on any atom is 0.293 e. The van der Waals surface area contributed by atoms with Gasteiger partial charge in [-0.3, -0.25) is 4.79 Å². The first-order valence-electron chi connectivity index (χ1n) is 5.96. The minimum Gasteiger partial charge on any atom is -0.365 e. The number of unbranched alkanes of at least 4 members (excludes halogenated alkanes) is 1. The number of thioether (sulfide) groups is 1. The average molecular weight is 255 g/mol. The highest BCUT2D eigenvalue weighted by Crippen LogP contribution is 2.03. The number of anilines is 1. The van der Waals surface area contributed by atoms with E-state index < -0.39 is 0 Å². The Kier molecular flexibility index (Phi) is 6.11. The molecule has 0 aromatic carbocycles. The molecule has 0 fully saturated rings. The third-order valence-electron chi connectivity index (χ3n) is 2.49. The molecular weight excluding hydrogens is 234 g/mol. The predicted octanol–water partition coefficient (Wildman–Crippen LogP) is 2.38. The topological polar surface area (TPSA) is 46.9 Å². The number of nitrogens with one attached hydrogen (secondary N) is 1. The van der Waals surface area contributed by atoms with Crippen molar-refractivity contribution in [2.75, 3.05) is 23.9 Å². The van der Waals surface area contributed by atoms with Gasteiger partial charge < -0.3 is 9.88 Å².